The first kappa shape index (κ1) is 11.0. The monoisotopic (exact) mass is 185 g/mol. The van der Waals surface area contributed by atoms with Crippen LogP contribution in [0.5, 0.6) is 0 Å². The molecule has 0 saturated carbocycles. The molecule has 13 heavy (non-hydrogen) atoms. The molecular formula is C11H23NO. The molecule has 1 saturated heterocycles. The van der Waals surface area contributed by atoms with Gasteiger partial charge in [0.2, 0.25) is 0 Å². The van der Waals surface area contributed by atoms with Crippen LogP contribution in [0.3, 0.4) is 0 Å². The van der Waals surface area contributed by atoms with Gasteiger partial charge in [-0.05, 0) is 31.7 Å². The van der Waals surface area contributed by atoms with Gasteiger partial charge in [-0.2, -0.15) is 0 Å². The Morgan fingerprint density at radius 1 is 1.46 bits per heavy atom. The zero-order valence-electron chi connectivity index (χ0n) is 9.43. The fraction of sp³-hybridized carbons (Fsp3) is 1.00. The van der Waals surface area contributed by atoms with Gasteiger partial charge in [-0.3, -0.25) is 4.90 Å². The standard InChI is InChI=1S/C11H23NO/c1-5-11(4,13)9-12-7-6-10(2,3)8-12/h13H,5-9H2,1-4H3. The second-order valence-electron chi connectivity index (χ2n) is 5.48. The van der Waals surface area contributed by atoms with E-state index in [0.717, 1.165) is 26.1 Å². The third-order valence-corrected chi connectivity index (χ3v) is 3.08. The molecule has 1 aliphatic heterocycles. The summed E-state index contributed by atoms with van der Waals surface area (Å²) in [6, 6.07) is 0. The highest BCUT2D eigenvalue weighted by atomic mass is 16.3. The lowest BCUT2D eigenvalue weighted by molar-refractivity contribution is 0.0208. The van der Waals surface area contributed by atoms with E-state index in [4.69, 9.17) is 0 Å². The molecule has 0 aromatic rings. The SMILES string of the molecule is CCC(C)(O)CN1CCC(C)(C)C1. The first-order valence-electron chi connectivity index (χ1n) is 5.29. The maximum atomic E-state index is 9.91. The molecule has 1 rings (SSSR count). The van der Waals surface area contributed by atoms with E-state index in [1.807, 2.05) is 13.8 Å². The van der Waals surface area contributed by atoms with Gasteiger partial charge in [0.15, 0.2) is 0 Å². The fourth-order valence-electron chi connectivity index (χ4n) is 1.95. The van der Waals surface area contributed by atoms with Crippen LogP contribution < -0.4 is 0 Å². The molecule has 0 bridgehead atoms. The quantitative estimate of drug-likeness (QED) is 0.725. The van der Waals surface area contributed by atoms with Gasteiger partial charge in [-0.25, -0.2) is 0 Å². The molecule has 0 aliphatic carbocycles. The summed E-state index contributed by atoms with van der Waals surface area (Å²) in [5.41, 5.74) is -0.0513. The van der Waals surface area contributed by atoms with Crippen molar-refractivity contribution in [1.82, 2.24) is 4.90 Å². The lowest BCUT2D eigenvalue weighted by atomic mass is 9.93. The average Bonchev–Trinajstić information content (AvgIpc) is 2.29. The topological polar surface area (TPSA) is 23.5 Å². The molecule has 1 aliphatic rings. The Hall–Kier alpha value is -0.0800. The molecule has 0 aromatic carbocycles. The van der Waals surface area contributed by atoms with Gasteiger partial charge in [0.1, 0.15) is 0 Å². The Balaban J connectivity index is 2.40. The summed E-state index contributed by atoms with van der Waals surface area (Å²) >= 11 is 0. The van der Waals surface area contributed by atoms with E-state index >= 15 is 0 Å². The van der Waals surface area contributed by atoms with Crippen LogP contribution in [0.4, 0.5) is 0 Å². The molecule has 0 amide bonds. The van der Waals surface area contributed by atoms with Gasteiger partial charge in [-0.15, -0.1) is 0 Å². The lowest BCUT2D eigenvalue weighted by Crippen LogP contribution is -2.39. The van der Waals surface area contributed by atoms with Crippen molar-refractivity contribution in [2.24, 2.45) is 5.41 Å². The largest absolute Gasteiger partial charge is 0.389 e. The Labute approximate surface area is 81.9 Å². The van der Waals surface area contributed by atoms with Crippen molar-refractivity contribution >= 4 is 0 Å². The summed E-state index contributed by atoms with van der Waals surface area (Å²) in [6.07, 6.45) is 2.09. The second kappa shape index (κ2) is 3.58. The summed E-state index contributed by atoms with van der Waals surface area (Å²) in [4.78, 5) is 2.38. The number of β-amino-alcohol motifs (C(OH)–C–C–N with tert-alkyl or cyclic N) is 1. The number of nitrogens with zero attached hydrogens (tertiary/aromatic N) is 1. The highest BCUT2D eigenvalue weighted by molar-refractivity contribution is 4.86. The molecule has 78 valence electrons. The summed E-state index contributed by atoms with van der Waals surface area (Å²) in [5.74, 6) is 0. The molecule has 1 N–H and O–H groups in total. The molecule has 1 atom stereocenters. The highest BCUT2D eigenvalue weighted by Crippen LogP contribution is 2.29. The molecule has 1 heterocycles. The smallest absolute Gasteiger partial charge is 0.0743 e. The van der Waals surface area contributed by atoms with E-state index in [-0.39, 0.29) is 0 Å². The Morgan fingerprint density at radius 2 is 2.08 bits per heavy atom. The number of hydrogen-bond donors (Lipinski definition) is 1. The highest BCUT2D eigenvalue weighted by Gasteiger charge is 2.32. The molecule has 1 fully saturated rings. The van der Waals surface area contributed by atoms with E-state index in [9.17, 15) is 5.11 Å². The Kier molecular flexibility index (Phi) is 3.03. The van der Waals surface area contributed by atoms with Crippen LogP contribution in [-0.4, -0.2) is 35.2 Å². The van der Waals surface area contributed by atoms with Crippen LogP contribution >= 0.6 is 0 Å². The lowest BCUT2D eigenvalue weighted by Gasteiger charge is -2.28. The van der Waals surface area contributed by atoms with Gasteiger partial charge in [0, 0.05) is 13.1 Å². The van der Waals surface area contributed by atoms with E-state index < -0.39 is 5.60 Å². The van der Waals surface area contributed by atoms with Crippen molar-refractivity contribution in [3.8, 4) is 0 Å². The average molecular weight is 185 g/mol. The maximum Gasteiger partial charge on any atom is 0.0743 e. The predicted octanol–water partition coefficient (Wildman–Crippen LogP) is 1.88. The van der Waals surface area contributed by atoms with Gasteiger partial charge >= 0.3 is 0 Å². The molecule has 2 heteroatoms. The third-order valence-electron chi connectivity index (χ3n) is 3.08. The summed E-state index contributed by atoms with van der Waals surface area (Å²) in [7, 11) is 0. The first-order chi connectivity index (χ1) is 5.85. The third kappa shape index (κ3) is 3.28. The minimum Gasteiger partial charge on any atom is -0.389 e. The fourth-order valence-corrected chi connectivity index (χ4v) is 1.95. The van der Waals surface area contributed by atoms with Gasteiger partial charge < -0.3 is 5.11 Å². The number of rotatable bonds is 3. The number of hydrogen-bond acceptors (Lipinski definition) is 2. The first-order valence-corrected chi connectivity index (χ1v) is 5.29. The van der Waals surface area contributed by atoms with Crippen molar-refractivity contribution in [2.45, 2.75) is 46.1 Å². The minimum absolute atomic E-state index is 0.448. The van der Waals surface area contributed by atoms with Crippen molar-refractivity contribution in [3.05, 3.63) is 0 Å². The molecule has 1 unspecified atom stereocenters. The van der Waals surface area contributed by atoms with Crippen LogP contribution in [0.2, 0.25) is 0 Å². The zero-order chi connectivity index (χ0) is 10.1. The van der Waals surface area contributed by atoms with E-state index in [1.165, 1.54) is 6.42 Å². The summed E-state index contributed by atoms with van der Waals surface area (Å²) in [6.45, 7) is 11.7. The number of aliphatic hydroxyl groups is 1. The van der Waals surface area contributed by atoms with Crippen molar-refractivity contribution in [1.29, 1.82) is 0 Å². The van der Waals surface area contributed by atoms with Gasteiger partial charge in [-0.1, -0.05) is 20.8 Å². The molecule has 0 spiro atoms. The van der Waals surface area contributed by atoms with Gasteiger partial charge in [0.25, 0.3) is 0 Å². The summed E-state index contributed by atoms with van der Waals surface area (Å²) < 4.78 is 0. The maximum absolute atomic E-state index is 9.91. The summed E-state index contributed by atoms with van der Waals surface area (Å²) in [5, 5.41) is 9.91. The zero-order valence-corrected chi connectivity index (χ0v) is 9.43. The van der Waals surface area contributed by atoms with Crippen molar-refractivity contribution in [2.75, 3.05) is 19.6 Å². The van der Waals surface area contributed by atoms with Crippen LogP contribution in [0.15, 0.2) is 0 Å². The molecule has 2 nitrogen and oxygen atoms in total. The normalized spacial score (nSPS) is 27.5. The van der Waals surface area contributed by atoms with Crippen LogP contribution in [-0.2, 0) is 0 Å². The predicted molar refractivity (Wildman–Crippen MR) is 55.8 cm³/mol. The second-order valence-corrected chi connectivity index (χ2v) is 5.48. The Morgan fingerprint density at radius 3 is 2.46 bits per heavy atom. The van der Waals surface area contributed by atoms with E-state index in [2.05, 4.69) is 18.7 Å². The number of likely N-dealkylation sites (tertiary alicyclic amines) is 1. The molecular weight excluding hydrogens is 162 g/mol. The van der Waals surface area contributed by atoms with E-state index in [1.54, 1.807) is 0 Å². The Bertz CT molecular complexity index is 175. The van der Waals surface area contributed by atoms with Crippen LogP contribution in [0.25, 0.3) is 0 Å². The van der Waals surface area contributed by atoms with Gasteiger partial charge in [0.05, 0.1) is 5.60 Å². The minimum atomic E-state index is -0.500. The molecule has 0 radical (unpaired) electrons. The van der Waals surface area contributed by atoms with Crippen molar-refractivity contribution in [3.63, 3.8) is 0 Å². The van der Waals surface area contributed by atoms with Crippen LogP contribution in [0.1, 0.15) is 40.5 Å². The van der Waals surface area contributed by atoms with Crippen molar-refractivity contribution < 1.29 is 5.11 Å². The molecule has 0 aromatic heterocycles. The van der Waals surface area contributed by atoms with E-state index in [0.29, 0.717) is 5.41 Å². The van der Waals surface area contributed by atoms with Crippen LogP contribution in [0, 0.1) is 5.41 Å².